The lowest BCUT2D eigenvalue weighted by molar-refractivity contribution is 0.0947. The summed E-state index contributed by atoms with van der Waals surface area (Å²) in [5, 5.41) is 2.80. The first-order valence-corrected chi connectivity index (χ1v) is 7.04. The molecule has 1 amide bonds. The van der Waals surface area contributed by atoms with Gasteiger partial charge in [-0.05, 0) is 35.9 Å². The zero-order chi connectivity index (χ0) is 14.9. The van der Waals surface area contributed by atoms with E-state index in [0.29, 0.717) is 29.3 Å². The van der Waals surface area contributed by atoms with E-state index in [1.165, 1.54) is 0 Å². The van der Waals surface area contributed by atoms with Crippen LogP contribution in [0.15, 0.2) is 40.9 Å². The molecule has 3 aromatic rings. The van der Waals surface area contributed by atoms with E-state index in [9.17, 15) is 4.79 Å². The summed E-state index contributed by atoms with van der Waals surface area (Å²) in [6, 6.07) is 9.03. The van der Waals surface area contributed by atoms with Gasteiger partial charge >= 0.3 is 0 Å². The smallest absolute Gasteiger partial charge is 0.251 e. The molecule has 6 heteroatoms. The Morgan fingerprint density at radius 3 is 3.18 bits per heavy atom. The zero-order valence-corrected chi connectivity index (χ0v) is 11.7. The predicted molar refractivity (Wildman–Crippen MR) is 78.6 cm³/mol. The predicted octanol–water partition coefficient (Wildman–Crippen LogP) is 2.09. The van der Waals surface area contributed by atoms with Crippen molar-refractivity contribution in [3.63, 3.8) is 0 Å². The van der Waals surface area contributed by atoms with Gasteiger partial charge in [-0.1, -0.05) is 0 Å². The number of pyridine rings is 1. The number of hydrogen-bond acceptors (Lipinski definition) is 5. The van der Waals surface area contributed by atoms with Crippen LogP contribution in [0.1, 0.15) is 21.8 Å². The van der Waals surface area contributed by atoms with Crippen molar-refractivity contribution in [3.8, 4) is 5.75 Å². The first-order valence-electron chi connectivity index (χ1n) is 7.04. The van der Waals surface area contributed by atoms with Crippen LogP contribution in [0.25, 0.3) is 11.2 Å². The van der Waals surface area contributed by atoms with E-state index >= 15 is 0 Å². The fourth-order valence-electron chi connectivity index (χ4n) is 2.48. The first kappa shape index (κ1) is 12.8. The van der Waals surface area contributed by atoms with Crippen LogP contribution in [-0.2, 0) is 13.0 Å². The number of rotatable bonds is 3. The van der Waals surface area contributed by atoms with Gasteiger partial charge in [0.25, 0.3) is 5.91 Å². The molecule has 1 aromatic carbocycles. The molecular formula is C16H13N3O3. The van der Waals surface area contributed by atoms with Crippen LogP contribution in [-0.4, -0.2) is 22.5 Å². The highest BCUT2D eigenvalue weighted by Crippen LogP contribution is 2.25. The van der Waals surface area contributed by atoms with Crippen LogP contribution in [0.5, 0.6) is 5.75 Å². The van der Waals surface area contributed by atoms with Gasteiger partial charge in [0.2, 0.25) is 5.89 Å². The van der Waals surface area contributed by atoms with E-state index in [4.69, 9.17) is 9.15 Å². The van der Waals surface area contributed by atoms with Crippen molar-refractivity contribution in [3.05, 3.63) is 53.5 Å². The lowest BCUT2D eigenvalue weighted by Gasteiger charge is -2.04. The highest BCUT2D eigenvalue weighted by Gasteiger charge is 2.15. The van der Waals surface area contributed by atoms with Crippen LogP contribution in [0.3, 0.4) is 0 Å². The average Bonchev–Trinajstić information content (AvgIpc) is 3.17. The minimum absolute atomic E-state index is 0.162. The van der Waals surface area contributed by atoms with E-state index in [1.54, 1.807) is 24.4 Å². The van der Waals surface area contributed by atoms with E-state index in [-0.39, 0.29) is 12.5 Å². The molecule has 22 heavy (non-hydrogen) atoms. The number of oxazole rings is 1. The molecule has 0 fully saturated rings. The van der Waals surface area contributed by atoms with Crippen LogP contribution in [0, 0.1) is 0 Å². The fourth-order valence-corrected chi connectivity index (χ4v) is 2.48. The number of amides is 1. The Hall–Kier alpha value is -2.89. The number of fused-ring (bicyclic) bond motifs is 2. The van der Waals surface area contributed by atoms with Crippen LogP contribution >= 0.6 is 0 Å². The Bertz CT molecular complexity index is 824. The van der Waals surface area contributed by atoms with Gasteiger partial charge in [0, 0.05) is 18.2 Å². The Morgan fingerprint density at radius 2 is 2.27 bits per heavy atom. The Kier molecular flexibility index (Phi) is 3.00. The quantitative estimate of drug-likeness (QED) is 0.800. The number of carbonyl (C=O) groups excluding carboxylic acids is 1. The van der Waals surface area contributed by atoms with Crippen molar-refractivity contribution < 1.29 is 13.9 Å². The zero-order valence-electron chi connectivity index (χ0n) is 11.7. The number of nitrogens with zero attached hydrogens (tertiary/aromatic N) is 2. The molecule has 0 bridgehead atoms. The van der Waals surface area contributed by atoms with E-state index < -0.39 is 0 Å². The van der Waals surface area contributed by atoms with Gasteiger partial charge in [-0.2, -0.15) is 4.98 Å². The monoisotopic (exact) mass is 295 g/mol. The molecule has 0 saturated heterocycles. The van der Waals surface area contributed by atoms with Gasteiger partial charge in [0.1, 0.15) is 5.75 Å². The molecule has 0 radical (unpaired) electrons. The molecule has 110 valence electrons. The van der Waals surface area contributed by atoms with Gasteiger partial charge in [-0.15, -0.1) is 0 Å². The maximum Gasteiger partial charge on any atom is 0.251 e. The summed E-state index contributed by atoms with van der Waals surface area (Å²) in [6.45, 7) is 0.902. The number of hydrogen-bond donors (Lipinski definition) is 1. The summed E-state index contributed by atoms with van der Waals surface area (Å²) in [7, 11) is 0. The Balaban J connectivity index is 1.47. The van der Waals surface area contributed by atoms with Crippen molar-refractivity contribution >= 4 is 17.1 Å². The number of ether oxygens (including phenoxy) is 1. The molecule has 1 N–H and O–H groups in total. The average molecular weight is 295 g/mol. The first-order chi connectivity index (χ1) is 10.8. The van der Waals surface area contributed by atoms with Crippen molar-refractivity contribution in [1.29, 1.82) is 0 Å². The van der Waals surface area contributed by atoms with Gasteiger partial charge in [0.15, 0.2) is 11.2 Å². The highest BCUT2D eigenvalue weighted by molar-refractivity contribution is 5.94. The number of nitrogens with one attached hydrogen (secondary N) is 1. The molecule has 6 nitrogen and oxygen atoms in total. The van der Waals surface area contributed by atoms with E-state index in [2.05, 4.69) is 15.3 Å². The lowest BCUT2D eigenvalue weighted by Crippen LogP contribution is -2.23. The van der Waals surface area contributed by atoms with E-state index in [1.807, 2.05) is 12.1 Å². The topological polar surface area (TPSA) is 77.3 Å². The Labute approximate surface area is 126 Å². The third-order valence-corrected chi connectivity index (χ3v) is 3.56. The highest BCUT2D eigenvalue weighted by atomic mass is 16.5. The molecule has 1 aliphatic heterocycles. The van der Waals surface area contributed by atoms with Crippen LogP contribution in [0.2, 0.25) is 0 Å². The second-order valence-electron chi connectivity index (χ2n) is 5.04. The minimum Gasteiger partial charge on any atom is -0.493 e. The third-order valence-electron chi connectivity index (χ3n) is 3.56. The summed E-state index contributed by atoms with van der Waals surface area (Å²) >= 11 is 0. The summed E-state index contributed by atoms with van der Waals surface area (Å²) in [5.74, 6) is 1.14. The summed E-state index contributed by atoms with van der Waals surface area (Å²) in [6.07, 6.45) is 2.49. The summed E-state index contributed by atoms with van der Waals surface area (Å²) in [4.78, 5) is 20.5. The molecule has 0 spiro atoms. The second-order valence-corrected chi connectivity index (χ2v) is 5.04. The standard InChI is InChI=1S/C16H13N3O3/c20-16(11-3-4-12-10(8-11)5-7-21-12)18-9-14-19-15-13(22-14)2-1-6-17-15/h1-4,6,8H,5,7,9H2,(H,18,20). The molecule has 0 atom stereocenters. The largest absolute Gasteiger partial charge is 0.493 e. The number of carbonyl (C=O) groups is 1. The van der Waals surface area contributed by atoms with Crippen molar-refractivity contribution in [2.45, 2.75) is 13.0 Å². The molecule has 0 unspecified atom stereocenters. The Morgan fingerprint density at radius 1 is 1.32 bits per heavy atom. The fraction of sp³-hybridized carbons (Fsp3) is 0.188. The lowest BCUT2D eigenvalue weighted by atomic mass is 10.1. The molecule has 4 rings (SSSR count). The molecule has 3 heterocycles. The molecule has 2 aromatic heterocycles. The van der Waals surface area contributed by atoms with E-state index in [0.717, 1.165) is 17.7 Å². The minimum atomic E-state index is -0.162. The second kappa shape index (κ2) is 5.14. The number of aromatic nitrogens is 2. The van der Waals surface area contributed by atoms with Crippen LogP contribution in [0.4, 0.5) is 0 Å². The maximum atomic E-state index is 12.2. The summed E-state index contributed by atoms with van der Waals surface area (Å²) in [5.41, 5.74) is 2.83. The molecule has 0 saturated carbocycles. The van der Waals surface area contributed by atoms with Gasteiger partial charge < -0.3 is 14.5 Å². The van der Waals surface area contributed by atoms with Crippen molar-refractivity contribution in [2.24, 2.45) is 0 Å². The maximum absolute atomic E-state index is 12.2. The van der Waals surface area contributed by atoms with Gasteiger partial charge in [-0.3, -0.25) is 4.79 Å². The SMILES string of the molecule is O=C(NCc1nc2ncccc2o1)c1ccc2c(c1)CCO2. The molecule has 1 aliphatic rings. The van der Waals surface area contributed by atoms with Crippen LogP contribution < -0.4 is 10.1 Å². The van der Waals surface area contributed by atoms with Gasteiger partial charge in [0.05, 0.1) is 13.2 Å². The molecular weight excluding hydrogens is 282 g/mol. The normalized spacial score (nSPS) is 12.9. The van der Waals surface area contributed by atoms with Crippen molar-refractivity contribution in [1.82, 2.24) is 15.3 Å². The number of benzene rings is 1. The van der Waals surface area contributed by atoms with Crippen molar-refractivity contribution in [2.75, 3.05) is 6.61 Å². The van der Waals surface area contributed by atoms with Gasteiger partial charge in [-0.25, -0.2) is 4.98 Å². The summed E-state index contributed by atoms with van der Waals surface area (Å²) < 4.78 is 11.0. The third kappa shape index (κ3) is 2.28. The molecule has 0 aliphatic carbocycles.